The van der Waals surface area contributed by atoms with Gasteiger partial charge in [-0.15, -0.1) is 0 Å². The van der Waals surface area contributed by atoms with Gasteiger partial charge in [-0.1, -0.05) is 132 Å². The van der Waals surface area contributed by atoms with Crippen molar-refractivity contribution in [2.45, 2.75) is 192 Å². The number of carbonyl (C=O) groups excluding carboxylic acids is 1. The molecule has 2 fully saturated rings. The molecule has 2 rings (SSSR count). The fourth-order valence-electron chi connectivity index (χ4n) is 7.41. The Morgan fingerprint density at radius 1 is 0.612 bits per heavy atom. The maximum Gasteiger partial charge on any atom is 0.169 e. The molecule has 4 nitrogen and oxygen atoms in total. The fourth-order valence-corrected chi connectivity index (χ4v) is 7.41. The zero-order valence-corrected chi connectivity index (χ0v) is 32.6. The molecule has 0 amide bonds. The standard InChI is InChI=1S/C45H77NO3/c1-5-7-9-11-13-15-17-19-21-23-25-27-29-31-33-35-45(48-43-38-41(39-44(43)49-45)37-42(47)40-46(3)4)36-34-32-30-28-26-24-22-20-18-16-14-12-10-8-6-2/h5,7,11-14,17-20,41,43-44H,6,8-10,15-16,21-40H2,1-4H3/b7-5-,13-11-,14-12-,19-17-,20-18-/t41?,43-,44+,45?. The van der Waals surface area contributed by atoms with E-state index >= 15 is 0 Å². The third kappa shape index (κ3) is 21.9. The number of ether oxygens (including phenoxy) is 2. The van der Waals surface area contributed by atoms with Crippen molar-refractivity contribution in [2.24, 2.45) is 5.92 Å². The molecule has 0 aromatic rings. The van der Waals surface area contributed by atoms with Gasteiger partial charge in [-0.3, -0.25) is 4.79 Å². The summed E-state index contributed by atoms with van der Waals surface area (Å²) < 4.78 is 13.7. The summed E-state index contributed by atoms with van der Waals surface area (Å²) in [5.41, 5.74) is 0. The van der Waals surface area contributed by atoms with Gasteiger partial charge in [0.2, 0.25) is 0 Å². The minimum Gasteiger partial charge on any atom is -0.344 e. The quantitative estimate of drug-likeness (QED) is 0.0540. The van der Waals surface area contributed by atoms with Gasteiger partial charge in [-0.25, -0.2) is 0 Å². The van der Waals surface area contributed by atoms with E-state index in [1.807, 2.05) is 19.0 Å². The van der Waals surface area contributed by atoms with Gasteiger partial charge in [0, 0.05) is 19.3 Å². The van der Waals surface area contributed by atoms with E-state index in [9.17, 15) is 4.79 Å². The molecular weight excluding hydrogens is 602 g/mol. The summed E-state index contributed by atoms with van der Waals surface area (Å²) in [6, 6.07) is 0. The van der Waals surface area contributed by atoms with Crippen LogP contribution in [0.15, 0.2) is 60.8 Å². The Labute approximate surface area is 303 Å². The highest BCUT2D eigenvalue weighted by atomic mass is 16.8. The summed E-state index contributed by atoms with van der Waals surface area (Å²) in [7, 11) is 3.95. The molecule has 2 aliphatic rings. The maximum absolute atomic E-state index is 12.5. The van der Waals surface area contributed by atoms with E-state index < -0.39 is 5.79 Å². The molecule has 0 N–H and O–H groups in total. The predicted octanol–water partition coefficient (Wildman–Crippen LogP) is 12.8. The average molecular weight is 680 g/mol. The highest BCUT2D eigenvalue weighted by Gasteiger charge is 2.51. The smallest absolute Gasteiger partial charge is 0.169 e. The number of unbranched alkanes of at least 4 members (excludes halogenated alkanes) is 14. The maximum atomic E-state index is 12.5. The summed E-state index contributed by atoms with van der Waals surface area (Å²) in [4.78, 5) is 14.4. The molecule has 280 valence electrons. The SMILES string of the molecule is C/C=C\C/C=C\C/C=C\CCCCCCCCC1(CCCCCCCC/C=C\C/C=C\CCCC)O[C@H]2CC(CC(=O)CN(C)C)C[C@H]2O1. The Kier molecular flexibility index (Phi) is 25.6. The Morgan fingerprint density at radius 2 is 1.04 bits per heavy atom. The van der Waals surface area contributed by atoms with Crippen molar-refractivity contribution in [3.8, 4) is 0 Å². The molecule has 1 saturated carbocycles. The molecular formula is C45H77NO3. The van der Waals surface area contributed by atoms with E-state index in [0.717, 1.165) is 44.9 Å². The van der Waals surface area contributed by atoms with Gasteiger partial charge in [0.25, 0.3) is 0 Å². The number of hydrogen-bond donors (Lipinski definition) is 0. The van der Waals surface area contributed by atoms with Crippen molar-refractivity contribution in [2.75, 3.05) is 20.6 Å². The number of ketones is 1. The van der Waals surface area contributed by atoms with Crippen molar-refractivity contribution < 1.29 is 14.3 Å². The first-order valence-electron chi connectivity index (χ1n) is 20.7. The second kappa shape index (κ2) is 28.9. The third-order valence-electron chi connectivity index (χ3n) is 10.1. The lowest BCUT2D eigenvalue weighted by Crippen LogP contribution is -2.32. The normalized spacial score (nSPS) is 22.8. The Morgan fingerprint density at radius 3 is 1.51 bits per heavy atom. The van der Waals surface area contributed by atoms with Crippen LogP contribution in [0.2, 0.25) is 0 Å². The number of nitrogens with zero attached hydrogens (tertiary/aromatic N) is 1. The summed E-state index contributed by atoms with van der Waals surface area (Å²) in [6.07, 6.45) is 52.7. The lowest BCUT2D eigenvalue weighted by molar-refractivity contribution is -0.193. The van der Waals surface area contributed by atoms with E-state index in [1.54, 1.807) is 0 Å². The number of hydrogen-bond acceptors (Lipinski definition) is 4. The number of likely N-dealkylation sites (N-methyl/N-ethyl adjacent to an activating group) is 1. The molecule has 49 heavy (non-hydrogen) atoms. The Bertz CT molecular complexity index is 946. The second-order valence-corrected chi connectivity index (χ2v) is 15.2. The molecule has 0 radical (unpaired) electrons. The molecule has 4 atom stereocenters. The molecule has 0 aromatic heterocycles. The van der Waals surface area contributed by atoms with Gasteiger partial charge < -0.3 is 14.4 Å². The molecule has 1 aliphatic heterocycles. The van der Waals surface area contributed by atoms with Crippen LogP contribution >= 0.6 is 0 Å². The summed E-state index contributed by atoms with van der Waals surface area (Å²) in [5, 5.41) is 0. The van der Waals surface area contributed by atoms with Crippen LogP contribution in [0.4, 0.5) is 0 Å². The molecule has 2 unspecified atom stereocenters. The van der Waals surface area contributed by atoms with Gasteiger partial charge in [-0.05, 0) is 104 Å². The van der Waals surface area contributed by atoms with E-state index in [0.29, 0.717) is 24.7 Å². The van der Waals surface area contributed by atoms with Crippen LogP contribution in [0.25, 0.3) is 0 Å². The van der Waals surface area contributed by atoms with Crippen LogP contribution in [0, 0.1) is 5.92 Å². The fraction of sp³-hybridized carbons (Fsp3) is 0.756. The van der Waals surface area contributed by atoms with E-state index in [-0.39, 0.29) is 12.2 Å². The lowest BCUT2D eigenvalue weighted by Gasteiger charge is -2.30. The highest BCUT2D eigenvalue weighted by Crippen LogP contribution is 2.46. The molecule has 1 saturated heterocycles. The minimum atomic E-state index is -0.393. The molecule has 1 heterocycles. The van der Waals surface area contributed by atoms with Crippen LogP contribution in [0.3, 0.4) is 0 Å². The van der Waals surface area contributed by atoms with Crippen LogP contribution < -0.4 is 0 Å². The number of Topliss-reactive ketones (excluding diaryl/α,β-unsaturated/α-hetero) is 1. The van der Waals surface area contributed by atoms with Gasteiger partial charge in [0.05, 0.1) is 18.8 Å². The Balaban J connectivity index is 1.65. The topological polar surface area (TPSA) is 38.8 Å². The molecule has 1 aliphatic carbocycles. The van der Waals surface area contributed by atoms with Gasteiger partial charge in [0.15, 0.2) is 5.79 Å². The van der Waals surface area contributed by atoms with Crippen molar-refractivity contribution in [3.63, 3.8) is 0 Å². The second-order valence-electron chi connectivity index (χ2n) is 15.2. The number of fused-ring (bicyclic) bond motifs is 1. The van der Waals surface area contributed by atoms with E-state index in [2.05, 4.69) is 74.6 Å². The third-order valence-corrected chi connectivity index (χ3v) is 10.1. The van der Waals surface area contributed by atoms with E-state index in [4.69, 9.17) is 9.47 Å². The Hall–Kier alpha value is -1.75. The lowest BCUT2D eigenvalue weighted by atomic mass is 9.97. The molecule has 4 heteroatoms. The van der Waals surface area contributed by atoms with Gasteiger partial charge in [0.1, 0.15) is 5.78 Å². The zero-order valence-electron chi connectivity index (χ0n) is 32.6. The number of rotatable bonds is 31. The van der Waals surface area contributed by atoms with Crippen molar-refractivity contribution >= 4 is 5.78 Å². The number of carbonyl (C=O) groups is 1. The average Bonchev–Trinajstić information content (AvgIpc) is 3.59. The summed E-state index contributed by atoms with van der Waals surface area (Å²) in [6.45, 7) is 4.86. The number of allylic oxidation sites excluding steroid dienone is 10. The first-order valence-corrected chi connectivity index (χ1v) is 20.7. The predicted molar refractivity (Wildman–Crippen MR) is 212 cm³/mol. The van der Waals surface area contributed by atoms with Crippen molar-refractivity contribution in [1.29, 1.82) is 0 Å². The van der Waals surface area contributed by atoms with Crippen molar-refractivity contribution in [1.82, 2.24) is 4.90 Å². The molecule has 0 bridgehead atoms. The van der Waals surface area contributed by atoms with Gasteiger partial charge >= 0.3 is 0 Å². The van der Waals surface area contributed by atoms with Gasteiger partial charge in [-0.2, -0.15) is 0 Å². The van der Waals surface area contributed by atoms with Crippen LogP contribution in [-0.2, 0) is 14.3 Å². The zero-order chi connectivity index (χ0) is 35.3. The van der Waals surface area contributed by atoms with Crippen molar-refractivity contribution in [3.05, 3.63) is 60.8 Å². The first kappa shape index (κ1) is 43.4. The monoisotopic (exact) mass is 680 g/mol. The molecule has 0 aromatic carbocycles. The van der Waals surface area contributed by atoms with Crippen LogP contribution in [-0.4, -0.2) is 49.3 Å². The summed E-state index contributed by atoms with van der Waals surface area (Å²) >= 11 is 0. The van der Waals surface area contributed by atoms with Crippen LogP contribution in [0.1, 0.15) is 174 Å². The van der Waals surface area contributed by atoms with E-state index in [1.165, 1.54) is 109 Å². The minimum absolute atomic E-state index is 0.175. The highest BCUT2D eigenvalue weighted by molar-refractivity contribution is 5.80. The molecule has 0 spiro atoms. The van der Waals surface area contributed by atoms with Crippen LogP contribution in [0.5, 0.6) is 0 Å². The largest absolute Gasteiger partial charge is 0.344 e. The summed E-state index contributed by atoms with van der Waals surface area (Å²) in [5.74, 6) is 0.360. The first-order chi connectivity index (χ1) is 24.0.